The molecule has 0 unspecified atom stereocenters. The van der Waals surface area contributed by atoms with E-state index in [1.807, 2.05) is 54.6 Å². The van der Waals surface area contributed by atoms with Crippen molar-refractivity contribution in [2.75, 3.05) is 20.2 Å². The topological polar surface area (TPSA) is 77.7 Å². The Morgan fingerprint density at radius 3 is 2.56 bits per heavy atom. The van der Waals surface area contributed by atoms with Crippen LogP contribution in [-0.4, -0.2) is 41.2 Å². The normalized spacial score (nSPS) is 14.1. The van der Waals surface area contributed by atoms with Crippen LogP contribution in [0.25, 0.3) is 22.2 Å². The summed E-state index contributed by atoms with van der Waals surface area (Å²) in [7, 11) is 1.44. The van der Waals surface area contributed by atoms with Crippen LogP contribution in [0.1, 0.15) is 17.4 Å². The van der Waals surface area contributed by atoms with Gasteiger partial charge in [0, 0.05) is 30.1 Å². The zero-order valence-corrected chi connectivity index (χ0v) is 19.9. The Balaban J connectivity index is 1.27. The summed E-state index contributed by atoms with van der Waals surface area (Å²) in [5, 5.41) is 4.25. The van der Waals surface area contributed by atoms with E-state index in [-0.39, 0.29) is 11.9 Å². The number of rotatable bonds is 8. The maximum absolute atomic E-state index is 11.6. The third-order valence-electron chi connectivity index (χ3n) is 5.82. The van der Waals surface area contributed by atoms with Gasteiger partial charge >= 0.3 is 5.97 Å². The number of aromatic nitrogens is 2. The first-order valence-corrected chi connectivity index (χ1v) is 12.0. The summed E-state index contributed by atoms with van der Waals surface area (Å²) < 4.78 is 16.3. The molecule has 2 aromatic carbocycles. The predicted molar refractivity (Wildman–Crippen MR) is 130 cm³/mol. The van der Waals surface area contributed by atoms with Gasteiger partial charge in [0.25, 0.3) is 5.89 Å². The number of carbonyl (C=O) groups excluding carboxylic acids is 1. The van der Waals surface area contributed by atoms with Crippen LogP contribution in [0.3, 0.4) is 0 Å². The van der Waals surface area contributed by atoms with Crippen molar-refractivity contribution in [2.45, 2.75) is 19.9 Å². The molecule has 0 aliphatic carbocycles. The number of aryl methyl sites for hydroxylation is 1. The molecule has 3 heterocycles. The molecule has 1 aliphatic heterocycles. The highest BCUT2D eigenvalue weighted by Gasteiger charge is 2.33. The van der Waals surface area contributed by atoms with Gasteiger partial charge in [-0.25, -0.2) is 0 Å². The van der Waals surface area contributed by atoms with Crippen LogP contribution in [0.4, 0.5) is 0 Å². The summed E-state index contributed by atoms with van der Waals surface area (Å²) >= 11 is 1.68. The summed E-state index contributed by atoms with van der Waals surface area (Å²) in [5.41, 5.74) is 2.03. The number of para-hydroxylation sites is 1. The van der Waals surface area contributed by atoms with E-state index >= 15 is 0 Å². The quantitative estimate of drug-likeness (QED) is 0.315. The van der Waals surface area contributed by atoms with Crippen molar-refractivity contribution in [3.05, 3.63) is 71.1 Å². The van der Waals surface area contributed by atoms with Crippen LogP contribution >= 0.6 is 11.3 Å². The van der Waals surface area contributed by atoms with Gasteiger partial charge in [-0.05, 0) is 54.4 Å². The second kappa shape index (κ2) is 9.79. The van der Waals surface area contributed by atoms with E-state index in [1.165, 1.54) is 17.6 Å². The number of ether oxygens (including phenoxy) is 2. The second-order valence-corrected chi connectivity index (χ2v) is 9.33. The molecule has 0 radical (unpaired) electrons. The van der Waals surface area contributed by atoms with Crippen LogP contribution in [0.15, 0.2) is 65.2 Å². The van der Waals surface area contributed by atoms with Crippen LogP contribution in [0.2, 0.25) is 0 Å². The van der Waals surface area contributed by atoms with E-state index in [9.17, 15) is 4.79 Å². The molecule has 7 nitrogen and oxygen atoms in total. The molecule has 0 saturated carbocycles. The zero-order valence-electron chi connectivity index (χ0n) is 19.1. The molecule has 2 aromatic heterocycles. The number of thiophene rings is 1. The molecule has 34 heavy (non-hydrogen) atoms. The fourth-order valence-corrected chi connectivity index (χ4v) is 5.19. The van der Waals surface area contributed by atoms with Gasteiger partial charge in [0.15, 0.2) is 0 Å². The van der Waals surface area contributed by atoms with Crippen molar-refractivity contribution < 1.29 is 18.8 Å². The molecule has 5 rings (SSSR count). The molecule has 8 heteroatoms. The molecule has 1 saturated heterocycles. The molecule has 0 amide bonds. The average Bonchev–Trinajstić information content (AvgIpc) is 3.49. The molecule has 0 N–H and O–H groups in total. The molecule has 174 valence electrons. The highest BCUT2D eigenvalue weighted by atomic mass is 32.1. The monoisotopic (exact) mass is 475 g/mol. The van der Waals surface area contributed by atoms with Crippen LogP contribution in [0, 0.1) is 5.92 Å². The number of hydrogen-bond donors (Lipinski definition) is 0. The minimum Gasteiger partial charge on any atom is -0.469 e. The highest BCUT2D eigenvalue weighted by Crippen LogP contribution is 2.35. The van der Waals surface area contributed by atoms with Crippen LogP contribution in [0.5, 0.6) is 11.5 Å². The smallest absolute Gasteiger partial charge is 0.311 e. The summed E-state index contributed by atoms with van der Waals surface area (Å²) in [4.78, 5) is 20.8. The first-order chi connectivity index (χ1) is 16.6. The number of hydrogen-bond acceptors (Lipinski definition) is 8. The van der Waals surface area contributed by atoms with E-state index < -0.39 is 0 Å². The largest absolute Gasteiger partial charge is 0.469 e. The third-order valence-corrected chi connectivity index (χ3v) is 6.98. The van der Waals surface area contributed by atoms with Crippen molar-refractivity contribution >= 4 is 17.3 Å². The second-order valence-electron chi connectivity index (χ2n) is 8.20. The van der Waals surface area contributed by atoms with E-state index in [4.69, 9.17) is 14.0 Å². The van der Waals surface area contributed by atoms with Crippen molar-refractivity contribution in [2.24, 2.45) is 5.92 Å². The lowest BCUT2D eigenvalue weighted by Crippen LogP contribution is -2.49. The van der Waals surface area contributed by atoms with E-state index in [0.29, 0.717) is 11.7 Å². The van der Waals surface area contributed by atoms with Gasteiger partial charge in [0.1, 0.15) is 11.5 Å². The maximum atomic E-state index is 11.6. The van der Waals surface area contributed by atoms with Gasteiger partial charge in [0.05, 0.1) is 17.9 Å². The fraction of sp³-hybridized carbons (Fsp3) is 0.269. The lowest BCUT2D eigenvalue weighted by atomic mass is 10.0. The summed E-state index contributed by atoms with van der Waals surface area (Å²) in [6.45, 7) is 4.40. The number of carbonyl (C=O) groups is 1. The molecular weight excluding hydrogens is 450 g/mol. The van der Waals surface area contributed by atoms with Gasteiger partial charge in [-0.2, -0.15) is 4.98 Å². The predicted octanol–water partition coefficient (Wildman–Crippen LogP) is 5.42. The molecule has 0 atom stereocenters. The van der Waals surface area contributed by atoms with Gasteiger partial charge in [-0.1, -0.05) is 30.3 Å². The molecule has 0 bridgehead atoms. The maximum Gasteiger partial charge on any atom is 0.311 e. The SMILES string of the molecule is CCc1cc(CN2CC(C(=O)OC)C2)sc1-c1noc(-c2ccc(Oc3ccccc3)cc2)n1. The Morgan fingerprint density at radius 1 is 1.12 bits per heavy atom. The minimum absolute atomic E-state index is 0.0145. The first-order valence-electron chi connectivity index (χ1n) is 11.2. The molecule has 1 aliphatic rings. The van der Waals surface area contributed by atoms with E-state index in [2.05, 4.69) is 28.0 Å². The lowest BCUT2D eigenvalue weighted by molar-refractivity contribution is -0.151. The number of methoxy groups -OCH3 is 1. The first kappa shape index (κ1) is 22.3. The zero-order chi connectivity index (χ0) is 23.5. The summed E-state index contributed by atoms with van der Waals surface area (Å²) in [5.74, 6) is 2.46. The Hall–Kier alpha value is -3.49. The number of likely N-dealkylation sites (tertiary alicyclic amines) is 1. The number of esters is 1. The molecule has 4 aromatic rings. The highest BCUT2D eigenvalue weighted by molar-refractivity contribution is 7.15. The Morgan fingerprint density at radius 2 is 1.85 bits per heavy atom. The molecular formula is C26H25N3O4S. The minimum atomic E-state index is -0.128. The standard InChI is InChI=1S/C26H25N3O4S/c1-3-17-13-22(16-29-14-19(15-29)26(30)31-2)34-23(17)24-27-25(33-28-24)18-9-11-21(12-10-18)32-20-7-5-4-6-8-20/h4-13,19H,3,14-16H2,1-2H3. The van der Waals surface area contributed by atoms with Gasteiger partial charge in [0.2, 0.25) is 5.82 Å². The van der Waals surface area contributed by atoms with E-state index in [1.54, 1.807) is 11.3 Å². The third kappa shape index (κ3) is 4.73. The number of benzene rings is 2. The van der Waals surface area contributed by atoms with Crippen molar-refractivity contribution in [1.82, 2.24) is 15.0 Å². The Kier molecular flexibility index (Phi) is 6.42. The summed E-state index contributed by atoms with van der Waals surface area (Å²) in [6, 6.07) is 19.5. The van der Waals surface area contributed by atoms with Crippen molar-refractivity contribution in [3.8, 4) is 33.7 Å². The average molecular weight is 476 g/mol. The number of nitrogens with zero attached hydrogens (tertiary/aromatic N) is 3. The Bertz CT molecular complexity index is 1260. The van der Waals surface area contributed by atoms with Crippen LogP contribution < -0.4 is 4.74 Å². The van der Waals surface area contributed by atoms with Crippen molar-refractivity contribution in [1.29, 1.82) is 0 Å². The fourth-order valence-electron chi connectivity index (χ4n) is 3.97. The van der Waals surface area contributed by atoms with Crippen molar-refractivity contribution in [3.63, 3.8) is 0 Å². The van der Waals surface area contributed by atoms with Crippen LogP contribution in [-0.2, 0) is 22.5 Å². The van der Waals surface area contributed by atoms with Gasteiger partial charge in [-0.15, -0.1) is 11.3 Å². The van der Waals surface area contributed by atoms with Gasteiger partial charge < -0.3 is 14.0 Å². The molecule has 1 fully saturated rings. The van der Waals surface area contributed by atoms with E-state index in [0.717, 1.165) is 48.0 Å². The lowest BCUT2D eigenvalue weighted by Gasteiger charge is -2.36. The summed E-state index contributed by atoms with van der Waals surface area (Å²) in [6.07, 6.45) is 0.881. The molecule has 0 spiro atoms. The van der Waals surface area contributed by atoms with Gasteiger partial charge in [-0.3, -0.25) is 9.69 Å². The Labute approximate surface area is 201 Å².